The first-order chi connectivity index (χ1) is 10.2. The van der Waals surface area contributed by atoms with Crippen LogP contribution in [0.5, 0.6) is 0 Å². The first kappa shape index (κ1) is 18.2. The number of benzene rings is 1. The average molecular weight is 305 g/mol. The quantitative estimate of drug-likeness (QED) is 0.875. The van der Waals surface area contributed by atoms with Crippen LogP contribution in [0.1, 0.15) is 25.0 Å². The van der Waals surface area contributed by atoms with Crippen LogP contribution in [0.15, 0.2) is 18.2 Å². The Balaban J connectivity index is 2.54. The Morgan fingerprint density at radius 2 is 1.77 bits per heavy atom. The third-order valence-corrected chi connectivity index (χ3v) is 3.87. The molecule has 0 spiro atoms. The van der Waals surface area contributed by atoms with E-state index >= 15 is 0 Å². The van der Waals surface area contributed by atoms with Crippen LogP contribution in [0.2, 0.25) is 0 Å². The Morgan fingerprint density at radius 3 is 2.36 bits per heavy atom. The zero-order chi connectivity index (χ0) is 16.9. The molecule has 0 radical (unpaired) electrons. The molecule has 22 heavy (non-hydrogen) atoms. The molecule has 0 saturated heterocycles. The van der Waals surface area contributed by atoms with Gasteiger partial charge in [0.15, 0.2) is 0 Å². The van der Waals surface area contributed by atoms with Gasteiger partial charge in [-0.1, -0.05) is 12.1 Å². The summed E-state index contributed by atoms with van der Waals surface area (Å²) in [6, 6.07) is 5.97. The van der Waals surface area contributed by atoms with Gasteiger partial charge in [0.2, 0.25) is 11.8 Å². The van der Waals surface area contributed by atoms with Crippen LogP contribution in [0.3, 0.4) is 0 Å². The molecular formula is C17H27N3O2. The number of hydrogen-bond acceptors (Lipinski definition) is 3. The SMILES string of the molecule is Cc1cccc(NC(=O)CN(C)CC(=O)N(C)C(C)C)c1C. The van der Waals surface area contributed by atoms with E-state index in [1.165, 1.54) is 0 Å². The Kier molecular flexibility index (Phi) is 6.56. The van der Waals surface area contributed by atoms with E-state index in [9.17, 15) is 9.59 Å². The maximum absolute atomic E-state index is 12.1. The topological polar surface area (TPSA) is 52.7 Å². The fraction of sp³-hybridized carbons (Fsp3) is 0.529. The highest BCUT2D eigenvalue weighted by atomic mass is 16.2. The van der Waals surface area contributed by atoms with Gasteiger partial charge in [-0.15, -0.1) is 0 Å². The van der Waals surface area contributed by atoms with Crippen LogP contribution >= 0.6 is 0 Å². The molecule has 0 bridgehead atoms. The molecule has 0 aromatic heterocycles. The van der Waals surface area contributed by atoms with Crippen molar-refractivity contribution in [3.05, 3.63) is 29.3 Å². The number of nitrogens with zero attached hydrogens (tertiary/aromatic N) is 2. The molecule has 5 heteroatoms. The van der Waals surface area contributed by atoms with E-state index in [2.05, 4.69) is 5.32 Å². The molecule has 1 aromatic carbocycles. The van der Waals surface area contributed by atoms with Crippen molar-refractivity contribution in [1.82, 2.24) is 9.80 Å². The number of aryl methyl sites for hydroxylation is 1. The number of nitrogens with one attached hydrogen (secondary N) is 1. The summed E-state index contributed by atoms with van der Waals surface area (Å²) >= 11 is 0. The van der Waals surface area contributed by atoms with Crippen molar-refractivity contribution in [3.63, 3.8) is 0 Å². The molecule has 0 unspecified atom stereocenters. The van der Waals surface area contributed by atoms with Crippen molar-refractivity contribution in [1.29, 1.82) is 0 Å². The van der Waals surface area contributed by atoms with Gasteiger partial charge in [0.05, 0.1) is 13.1 Å². The van der Waals surface area contributed by atoms with Crippen molar-refractivity contribution in [2.24, 2.45) is 0 Å². The highest BCUT2D eigenvalue weighted by molar-refractivity contribution is 5.93. The summed E-state index contributed by atoms with van der Waals surface area (Å²) in [6.45, 7) is 8.34. The maximum atomic E-state index is 12.1. The molecular weight excluding hydrogens is 278 g/mol. The van der Waals surface area contributed by atoms with Crippen LogP contribution in [-0.4, -0.2) is 54.8 Å². The molecule has 1 aromatic rings. The van der Waals surface area contributed by atoms with E-state index in [-0.39, 0.29) is 30.9 Å². The van der Waals surface area contributed by atoms with E-state index in [0.717, 1.165) is 16.8 Å². The van der Waals surface area contributed by atoms with Crippen LogP contribution < -0.4 is 5.32 Å². The van der Waals surface area contributed by atoms with E-state index in [1.54, 1.807) is 23.9 Å². The van der Waals surface area contributed by atoms with Gasteiger partial charge in [-0.3, -0.25) is 14.5 Å². The second-order valence-corrected chi connectivity index (χ2v) is 6.07. The van der Waals surface area contributed by atoms with E-state index < -0.39 is 0 Å². The lowest BCUT2D eigenvalue weighted by Gasteiger charge is -2.24. The number of rotatable bonds is 6. The normalized spacial score (nSPS) is 10.9. The molecule has 2 amide bonds. The Bertz CT molecular complexity index is 541. The zero-order valence-corrected chi connectivity index (χ0v) is 14.4. The van der Waals surface area contributed by atoms with Gasteiger partial charge < -0.3 is 10.2 Å². The molecule has 0 fully saturated rings. The molecule has 122 valence electrons. The van der Waals surface area contributed by atoms with Crippen LogP contribution in [0.25, 0.3) is 0 Å². The lowest BCUT2D eigenvalue weighted by molar-refractivity contribution is -0.132. The van der Waals surface area contributed by atoms with Gasteiger partial charge in [0, 0.05) is 18.8 Å². The second-order valence-electron chi connectivity index (χ2n) is 6.07. The summed E-state index contributed by atoms with van der Waals surface area (Å²) in [5, 5.41) is 2.90. The van der Waals surface area contributed by atoms with Gasteiger partial charge in [-0.2, -0.15) is 0 Å². The first-order valence-electron chi connectivity index (χ1n) is 7.52. The van der Waals surface area contributed by atoms with E-state index in [4.69, 9.17) is 0 Å². The molecule has 0 heterocycles. The van der Waals surface area contributed by atoms with Gasteiger partial charge in [0.25, 0.3) is 0 Å². The Morgan fingerprint density at radius 1 is 1.14 bits per heavy atom. The van der Waals surface area contributed by atoms with Crippen molar-refractivity contribution in [3.8, 4) is 0 Å². The number of anilines is 1. The summed E-state index contributed by atoms with van der Waals surface area (Å²) in [5.74, 6) is -0.103. The van der Waals surface area contributed by atoms with Gasteiger partial charge in [-0.05, 0) is 51.9 Å². The number of carbonyl (C=O) groups is 2. The predicted molar refractivity (Wildman–Crippen MR) is 89.9 cm³/mol. The molecule has 0 saturated carbocycles. The lowest BCUT2D eigenvalue weighted by Crippen LogP contribution is -2.42. The second kappa shape index (κ2) is 7.94. The highest BCUT2D eigenvalue weighted by Gasteiger charge is 2.16. The van der Waals surface area contributed by atoms with Crippen molar-refractivity contribution >= 4 is 17.5 Å². The molecule has 0 aliphatic heterocycles. The number of carbonyl (C=O) groups excluding carboxylic acids is 2. The highest BCUT2D eigenvalue weighted by Crippen LogP contribution is 2.17. The minimum Gasteiger partial charge on any atom is -0.342 e. The summed E-state index contributed by atoms with van der Waals surface area (Å²) < 4.78 is 0. The van der Waals surface area contributed by atoms with Crippen LogP contribution in [0, 0.1) is 13.8 Å². The molecule has 0 atom stereocenters. The standard InChI is InChI=1S/C17H27N3O2/c1-12(2)20(6)17(22)11-19(5)10-16(21)18-15-9-7-8-13(3)14(15)4/h7-9,12H,10-11H2,1-6H3,(H,18,21). The van der Waals surface area contributed by atoms with Crippen LogP contribution in [-0.2, 0) is 9.59 Å². The largest absolute Gasteiger partial charge is 0.342 e. The molecule has 5 nitrogen and oxygen atoms in total. The predicted octanol–water partition coefficient (Wildman–Crippen LogP) is 2.04. The molecule has 0 aliphatic rings. The zero-order valence-electron chi connectivity index (χ0n) is 14.4. The summed E-state index contributed by atoms with van der Waals surface area (Å²) in [6.07, 6.45) is 0. The summed E-state index contributed by atoms with van der Waals surface area (Å²) in [5.41, 5.74) is 3.03. The first-order valence-corrected chi connectivity index (χ1v) is 7.52. The minimum absolute atomic E-state index is 0.0111. The van der Waals surface area contributed by atoms with Crippen molar-refractivity contribution in [2.75, 3.05) is 32.5 Å². The van der Waals surface area contributed by atoms with Gasteiger partial charge in [-0.25, -0.2) is 0 Å². The third-order valence-electron chi connectivity index (χ3n) is 3.87. The van der Waals surface area contributed by atoms with Crippen molar-refractivity contribution < 1.29 is 9.59 Å². The maximum Gasteiger partial charge on any atom is 0.238 e. The molecule has 1 N–H and O–H groups in total. The van der Waals surface area contributed by atoms with E-state index in [0.29, 0.717) is 0 Å². The number of likely N-dealkylation sites (N-methyl/N-ethyl adjacent to an activating group) is 2. The minimum atomic E-state index is -0.115. The number of hydrogen-bond donors (Lipinski definition) is 1. The van der Waals surface area contributed by atoms with Gasteiger partial charge >= 0.3 is 0 Å². The van der Waals surface area contributed by atoms with Crippen molar-refractivity contribution in [2.45, 2.75) is 33.7 Å². The average Bonchev–Trinajstić information content (AvgIpc) is 2.42. The van der Waals surface area contributed by atoms with Gasteiger partial charge in [0.1, 0.15) is 0 Å². The number of amides is 2. The van der Waals surface area contributed by atoms with Crippen LogP contribution in [0.4, 0.5) is 5.69 Å². The summed E-state index contributed by atoms with van der Waals surface area (Å²) in [4.78, 5) is 27.5. The molecule has 0 aliphatic carbocycles. The fourth-order valence-corrected chi connectivity index (χ4v) is 2.01. The fourth-order valence-electron chi connectivity index (χ4n) is 2.01. The summed E-state index contributed by atoms with van der Waals surface area (Å²) in [7, 11) is 3.55. The Labute approximate surface area is 133 Å². The smallest absolute Gasteiger partial charge is 0.238 e. The monoisotopic (exact) mass is 305 g/mol. The molecule has 1 rings (SSSR count). The lowest BCUT2D eigenvalue weighted by atomic mass is 10.1. The van der Waals surface area contributed by atoms with E-state index in [1.807, 2.05) is 45.9 Å². The third kappa shape index (κ3) is 5.15. The Hall–Kier alpha value is -1.88.